The molecule has 1 rings (SSSR count). The molecule has 1 saturated heterocycles. The van der Waals surface area contributed by atoms with Gasteiger partial charge in [-0.3, -0.25) is 4.79 Å². The molecule has 1 aliphatic rings. The molecule has 0 aliphatic carbocycles. The highest BCUT2D eigenvalue weighted by atomic mass is 16.7. The van der Waals surface area contributed by atoms with Crippen molar-refractivity contribution in [3.63, 3.8) is 0 Å². The molecule has 1 atom stereocenters. The second kappa shape index (κ2) is 3.79. The van der Waals surface area contributed by atoms with Crippen LogP contribution < -0.4 is 0 Å². The molecule has 4 heteroatoms. The topological polar surface area (TPSA) is 44.8 Å². The molecule has 74 valence electrons. The Hall–Kier alpha value is -1.03. The molecule has 1 heterocycles. The minimum Gasteiger partial charge on any atom is -0.466 e. The van der Waals surface area contributed by atoms with Gasteiger partial charge in [-0.05, 0) is 6.92 Å². The van der Waals surface area contributed by atoms with E-state index in [1.807, 2.05) is 0 Å². The SMILES string of the molecule is C=C1COC(C)(CC(=O)OCC)O1. The molecule has 13 heavy (non-hydrogen) atoms. The minimum absolute atomic E-state index is 0.0971. The second-order valence-electron chi connectivity index (χ2n) is 3.05. The number of hydrogen-bond acceptors (Lipinski definition) is 4. The maximum absolute atomic E-state index is 11.1. The Bertz CT molecular complexity index is 224. The largest absolute Gasteiger partial charge is 0.466 e. The van der Waals surface area contributed by atoms with Crippen molar-refractivity contribution in [2.75, 3.05) is 13.2 Å². The van der Waals surface area contributed by atoms with Crippen molar-refractivity contribution in [1.82, 2.24) is 0 Å². The van der Waals surface area contributed by atoms with Gasteiger partial charge in [-0.25, -0.2) is 0 Å². The van der Waals surface area contributed by atoms with E-state index in [4.69, 9.17) is 14.2 Å². The van der Waals surface area contributed by atoms with Crippen LogP contribution in [0.2, 0.25) is 0 Å². The molecular weight excluding hydrogens is 172 g/mol. The quantitative estimate of drug-likeness (QED) is 0.621. The molecule has 0 aromatic rings. The van der Waals surface area contributed by atoms with Crippen LogP contribution in [0.3, 0.4) is 0 Å². The lowest BCUT2D eigenvalue weighted by Crippen LogP contribution is -2.29. The summed E-state index contributed by atoms with van der Waals surface area (Å²) in [7, 11) is 0. The highest BCUT2D eigenvalue weighted by Crippen LogP contribution is 2.28. The molecule has 4 nitrogen and oxygen atoms in total. The van der Waals surface area contributed by atoms with Gasteiger partial charge in [-0.2, -0.15) is 0 Å². The van der Waals surface area contributed by atoms with Crippen molar-refractivity contribution in [3.05, 3.63) is 12.3 Å². The first kappa shape index (κ1) is 10.1. The van der Waals surface area contributed by atoms with E-state index in [1.165, 1.54) is 0 Å². The lowest BCUT2D eigenvalue weighted by Gasteiger charge is -2.20. The van der Waals surface area contributed by atoms with Crippen molar-refractivity contribution in [3.8, 4) is 0 Å². The Labute approximate surface area is 77.5 Å². The molecule has 0 radical (unpaired) electrons. The van der Waals surface area contributed by atoms with E-state index >= 15 is 0 Å². The minimum atomic E-state index is -0.886. The summed E-state index contributed by atoms with van der Waals surface area (Å²) < 4.78 is 15.3. The van der Waals surface area contributed by atoms with Crippen molar-refractivity contribution >= 4 is 5.97 Å². The Kier molecular flexibility index (Phi) is 2.93. The van der Waals surface area contributed by atoms with E-state index in [2.05, 4.69) is 6.58 Å². The van der Waals surface area contributed by atoms with Crippen LogP contribution >= 0.6 is 0 Å². The lowest BCUT2D eigenvalue weighted by molar-refractivity contribution is -0.170. The van der Waals surface area contributed by atoms with Crippen molar-refractivity contribution in [2.45, 2.75) is 26.1 Å². The van der Waals surface area contributed by atoms with E-state index in [0.717, 1.165) is 0 Å². The molecule has 1 fully saturated rings. The second-order valence-corrected chi connectivity index (χ2v) is 3.05. The first-order valence-electron chi connectivity index (χ1n) is 4.22. The zero-order chi connectivity index (χ0) is 9.90. The number of rotatable bonds is 3. The van der Waals surface area contributed by atoms with Gasteiger partial charge >= 0.3 is 5.97 Å². The molecule has 0 saturated carbocycles. The van der Waals surface area contributed by atoms with Gasteiger partial charge in [0.1, 0.15) is 18.8 Å². The van der Waals surface area contributed by atoms with E-state index in [1.54, 1.807) is 13.8 Å². The fourth-order valence-electron chi connectivity index (χ4n) is 1.16. The van der Waals surface area contributed by atoms with E-state index in [0.29, 0.717) is 19.0 Å². The molecule has 0 aromatic carbocycles. The summed E-state index contributed by atoms with van der Waals surface area (Å²) in [5, 5.41) is 0. The predicted octanol–water partition coefficient (Wildman–Crippen LogP) is 1.22. The number of hydrogen-bond donors (Lipinski definition) is 0. The maximum atomic E-state index is 11.1. The average Bonchev–Trinajstić information content (AvgIpc) is 2.30. The summed E-state index contributed by atoms with van der Waals surface area (Å²) in [5.74, 6) is -0.657. The molecule has 1 aliphatic heterocycles. The lowest BCUT2D eigenvalue weighted by atomic mass is 10.2. The predicted molar refractivity (Wildman–Crippen MR) is 45.8 cm³/mol. The zero-order valence-corrected chi connectivity index (χ0v) is 7.96. The molecule has 0 amide bonds. The van der Waals surface area contributed by atoms with E-state index < -0.39 is 5.79 Å². The van der Waals surface area contributed by atoms with Crippen LogP contribution in [-0.2, 0) is 19.0 Å². The third-order valence-electron chi connectivity index (χ3n) is 1.67. The molecular formula is C9H14O4. The van der Waals surface area contributed by atoms with Crippen LogP contribution in [0.25, 0.3) is 0 Å². The van der Waals surface area contributed by atoms with Gasteiger partial charge in [0.15, 0.2) is 0 Å². The van der Waals surface area contributed by atoms with Gasteiger partial charge in [0.2, 0.25) is 5.79 Å². The van der Waals surface area contributed by atoms with Crippen LogP contribution in [0, 0.1) is 0 Å². The third-order valence-corrected chi connectivity index (χ3v) is 1.67. The summed E-state index contributed by atoms with van der Waals surface area (Å²) in [6, 6.07) is 0. The van der Waals surface area contributed by atoms with Gasteiger partial charge in [-0.1, -0.05) is 6.58 Å². The van der Waals surface area contributed by atoms with Crippen LogP contribution in [0.15, 0.2) is 12.3 Å². The Morgan fingerprint density at radius 2 is 2.46 bits per heavy atom. The van der Waals surface area contributed by atoms with Crippen molar-refractivity contribution < 1.29 is 19.0 Å². The summed E-state index contributed by atoms with van der Waals surface area (Å²) in [4.78, 5) is 11.1. The highest BCUT2D eigenvalue weighted by molar-refractivity contribution is 5.70. The monoisotopic (exact) mass is 186 g/mol. The molecule has 1 unspecified atom stereocenters. The maximum Gasteiger partial charge on any atom is 0.312 e. The summed E-state index contributed by atoms with van der Waals surface area (Å²) in [6.07, 6.45) is 0.0971. The Balaban J connectivity index is 2.43. The first-order valence-corrected chi connectivity index (χ1v) is 4.22. The third kappa shape index (κ3) is 2.73. The van der Waals surface area contributed by atoms with Gasteiger partial charge in [0.05, 0.1) is 6.61 Å². The van der Waals surface area contributed by atoms with Crippen LogP contribution in [-0.4, -0.2) is 25.0 Å². The summed E-state index contributed by atoms with van der Waals surface area (Å²) >= 11 is 0. The molecule has 0 aromatic heterocycles. The van der Waals surface area contributed by atoms with Crippen molar-refractivity contribution in [2.24, 2.45) is 0 Å². The zero-order valence-electron chi connectivity index (χ0n) is 7.96. The van der Waals surface area contributed by atoms with Gasteiger partial charge in [-0.15, -0.1) is 0 Å². The Morgan fingerprint density at radius 3 is 2.92 bits per heavy atom. The number of ether oxygens (including phenoxy) is 3. The molecule has 0 bridgehead atoms. The summed E-state index contributed by atoms with van der Waals surface area (Å²) in [5.41, 5.74) is 0. The van der Waals surface area contributed by atoms with Gasteiger partial charge in [0.25, 0.3) is 0 Å². The normalized spacial score (nSPS) is 27.1. The molecule has 0 spiro atoms. The number of carbonyl (C=O) groups is 1. The highest BCUT2D eigenvalue weighted by Gasteiger charge is 2.36. The van der Waals surface area contributed by atoms with Crippen LogP contribution in [0.1, 0.15) is 20.3 Å². The van der Waals surface area contributed by atoms with Crippen molar-refractivity contribution in [1.29, 1.82) is 0 Å². The van der Waals surface area contributed by atoms with Crippen LogP contribution in [0.4, 0.5) is 0 Å². The van der Waals surface area contributed by atoms with Gasteiger partial charge < -0.3 is 14.2 Å². The Morgan fingerprint density at radius 1 is 1.77 bits per heavy atom. The summed E-state index contributed by atoms with van der Waals surface area (Å²) in [6.45, 7) is 7.77. The average molecular weight is 186 g/mol. The first-order chi connectivity index (χ1) is 6.06. The van der Waals surface area contributed by atoms with Gasteiger partial charge in [0, 0.05) is 6.92 Å². The fourth-order valence-corrected chi connectivity index (χ4v) is 1.16. The smallest absolute Gasteiger partial charge is 0.312 e. The molecule has 0 N–H and O–H groups in total. The van der Waals surface area contributed by atoms with Crippen LogP contribution in [0.5, 0.6) is 0 Å². The van der Waals surface area contributed by atoms with E-state index in [9.17, 15) is 4.79 Å². The number of esters is 1. The van der Waals surface area contributed by atoms with E-state index in [-0.39, 0.29) is 12.4 Å². The standard InChI is InChI=1S/C9H14O4/c1-4-11-8(10)5-9(3)12-6-7(2)13-9/h2,4-6H2,1,3H3. The number of carbonyl (C=O) groups excluding carboxylic acids is 1. The fraction of sp³-hybridized carbons (Fsp3) is 0.667.